The van der Waals surface area contributed by atoms with Crippen LogP contribution in [-0.2, 0) is 0 Å². The molecule has 1 aromatic rings. The highest BCUT2D eigenvalue weighted by atomic mass is 16.5. The molecule has 0 saturated heterocycles. The normalized spacial score (nSPS) is 22.4. The van der Waals surface area contributed by atoms with Crippen molar-refractivity contribution in [3.8, 4) is 11.5 Å². The molecular weight excluding hydrogens is 262 g/mol. The highest BCUT2D eigenvalue weighted by molar-refractivity contribution is 5.60. The maximum atomic E-state index is 5.46. The van der Waals surface area contributed by atoms with E-state index in [4.69, 9.17) is 9.47 Å². The molecular formula is C18H29NO2. The van der Waals surface area contributed by atoms with Crippen molar-refractivity contribution in [2.75, 3.05) is 19.5 Å². The average molecular weight is 291 g/mol. The SMILES string of the molecule is CCCC1CCCC(Nc2cc(OC)ccc2OC)CC1. The molecule has 1 N–H and O–H groups in total. The molecule has 1 aliphatic rings. The summed E-state index contributed by atoms with van der Waals surface area (Å²) in [6, 6.07) is 6.49. The fourth-order valence-electron chi connectivity index (χ4n) is 3.37. The van der Waals surface area contributed by atoms with Gasteiger partial charge in [0.15, 0.2) is 0 Å². The Morgan fingerprint density at radius 2 is 1.95 bits per heavy atom. The van der Waals surface area contributed by atoms with Gasteiger partial charge >= 0.3 is 0 Å². The highest BCUT2D eigenvalue weighted by Crippen LogP contribution is 2.33. The molecule has 118 valence electrons. The fourth-order valence-corrected chi connectivity index (χ4v) is 3.37. The maximum absolute atomic E-state index is 5.46. The standard InChI is InChI=1S/C18H29NO2/c1-4-6-14-7-5-8-15(10-9-14)19-17-13-16(20-2)11-12-18(17)21-3/h11-15,19H,4-10H2,1-3H3. The zero-order chi connectivity index (χ0) is 15.1. The Kier molecular flexibility index (Phi) is 6.21. The zero-order valence-electron chi connectivity index (χ0n) is 13.7. The molecule has 0 amide bonds. The summed E-state index contributed by atoms with van der Waals surface area (Å²) >= 11 is 0. The summed E-state index contributed by atoms with van der Waals surface area (Å²) in [5.74, 6) is 2.69. The van der Waals surface area contributed by atoms with Crippen molar-refractivity contribution < 1.29 is 9.47 Å². The molecule has 1 aromatic carbocycles. The van der Waals surface area contributed by atoms with Gasteiger partial charge < -0.3 is 14.8 Å². The summed E-state index contributed by atoms with van der Waals surface area (Å²) in [6.45, 7) is 2.29. The van der Waals surface area contributed by atoms with Crippen molar-refractivity contribution >= 4 is 5.69 Å². The largest absolute Gasteiger partial charge is 0.497 e. The van der Waals surface area contributed by atoms with Gasteiger partial charge in [0.2, 0.25) is 0 Å². The third-order valence-corrected chi connectivity index (χ3v) is 4.55. The van der Waals surface area contributed by atoms with E-state index in [2.05, 4.69) is 12.2 Å². The van der Waals surface area contributed by atoms with Crippen LogP contribution in [0.5, 0.6) is 11.5 Å². The number of hydrogen-bond donors (Lipinski definition) is 1. The van der Waals surface area contributed by atoms with Crippen LogP contribution in [0, 0.1) is 5.92 Å². The van der Waals surface area contributed by atoms with Crippen LogP contribution in [0.1, 0.15) is 51.9 Å². The Hall–Kier alpha value is -1.38. The van der Waals surface area contributed by atoms with Crippen LogP contribution < -0.4 is 14.8 Å². The van der Waals surface area contributed by atoms with Gasteiger partial charge in [-0.15, -0.1) is 0 Å². The Morgan fingerprint density at radius 1 is 1.10 bits per heavy atom. The predicted molar refractivity (Wildman–Crippen MR) is 88.4 cm³/mol. The van der Waals surface area contributed by atoms with E-state index in [1.54, 1.807) is 14.2 Å². The van der Waals surface area contributed by atoms with E-state index in [9.17, 15) is 0 Å². The van der Waals surface area contributed by atoms with E-state index in [1.807, 2.05) is 18.2 Å². The van der Waals surface area contributed by atoms with Crippen LogP contribution in [0.4, 0.5) is 5.69 Å². The Bertz CT molecular complexity index is 433. The number of ether oxygens (including phenoxy) is 2. The quantitative estimate of drug-likeness (QED) is 0.759. The lowest BCUT2D eigenvalue weighted by atomic mass is 9.95. The van der Waals surface area contributed by atoms with Gasteiger partial charge in [0.25, 0.3) is 0 Å². The average Bonchev–Trinajstić information content (AvgIpc) is 2.73. The Morgan fingerprint density at radius 3 is 2.67 bits per heavy atom. The summed E-state index contributed by atoms with van der Waals surface area (Å²) in [5, 5.41) is 3.67. The van der Waals surface area contributed by atoms with Gasteiger partial charge in [-0.1, -0.05) is 32.6 Å². The molecule has 2 unspecified atom stereocenters. The summed E-state index contributed by atoms with van der Waals surface area (Å²) in [6.07, 6.45) is 9.26. The summed E-state index contributed by atoms with van der Waals surface area (Å²) in [5.41, 5.74) is 1.05. The number of nitrogens with one attached hydrogen (secondary N) is 1. The molecule has 0 heterocycles. The van der Waals surface area contributed by atoms with Crippen LogP contribution in [0.25, 0.3) is 0 Å². The van der Waals surface area contributed by atoms with Crippen molar-refractivity contribution in [2.24, 2.45) is 5.92 Å². The number of methoxy groups -OCH3 is 2. The van der Waals surface area contributed by atoms with Gasteiger partial charge in [-0.2, -0.15) is 0 Å². The first-order valence-corrected chi connectivity index (χ1v) is 8.25. The fraction of sp³-hybridized carbons (Fsp3) is 0.667. The van der Waals surface area contributed by atoms with E-state index in [0.29, 0.717) is 6.04 Å². The molecule has 0 radical (unpaired) electrons. The topological polar surface area (TPSA) is 30.5 Å². The molecule has 0 spiro atoms. The first-order valence-electron chi connectivity index (χ1n) is 8.25. The van der Waals surface area contributed by atoms with E-state index in [-0.39, 0.29) is 0 Å². The van der Waals surface area contributed by atoms with E-state index in [0.717, 1.165) is 23.1 Å². The molecule has 1 fully saturated rings. The Labute approximate surface area is 129 Å². The van der Waals surface area contributed by atoms with Gasteiger partial charge in [-0.3, -0.25) is 0 Å². The first-order chi connectivity index (χ1) is 10.3. The minimum absolute atomic E-state index is 0.549. The predicted octanol–water partition coefficient (Wildman–Crippen LogP) is 4.86. The minimum atomic E-state index is 0.549. The van der Waals surface area contributed by atoms with Gasteiger partial charge in [-0.25, -0.2) is 0 Å². The van der Waals surface area contributed by atoms with E-state index in [1.165, 1.54) is 44.9 Å². The van der Waals surface area contributed by atoms with Gasteiger partial charge in [-0.05, 0) is 37.3 Å². The first kappa shape index (κ1) is 16.0. The summed E-state index contributed by atoms with van der Waals surface area (Å²) in [7, 11) is 3.42. The van der Waals surface area contributed by atoms with Crippen LogP contribution in [0.3, 0.4) is 0 Å². The third kappa shape index (κ3) is 4.55. The minimum Gasteiger partial charge on any atom is -0.497 e. The van der Waals surface area contributed by atoms with Crippen LogP contribution in [0.2, 0.25) is 0 Å². The van der Waals surface area contributed by atoms with Crippen molar-refractivity contribution in [2.45, 2.75) is 57.9 Å². The van der Waals surface area contributed by atoms with Gasteiger partial charge in [0.05, 0.1) is 19.9 Å². The third-order valence-electron chi connectivity index (χ3n) is 4.55. The summed E-state index contributed by atoms with van der Waals surface area (Å²) in [4.78, 5) is 0. The molecule has 0 aliphatic heterocycles. The summed E-state index contributed by atoms with van der Waals surface area (Å²) < 4.78 is 10.8. The molecule has 0 aromatic heterocycles. The Balaban J connectivity index is 2.00. The number of benzene rings is 1. The van der Waals surface area contributed by atoms with Crippen molar-refractivity contribution in [1.82, 2.24) is 0 Å². The lowest BCUT2D eigenvalue weighted by Crippen LogP contribution is -2.19. The number of hydrogen-bond acceptors (Lipinski definition) is 3. The van der Waals surface area contributed by atoms with Gasteiger partial charge in [0, 0.05) is 12.1 Å². The molecule has 2 rings (SSSR count). The molecule has 2 atom stereocenters. The second-order valence-corrected chi connectivity index (χ2v) is 6.07. The number of rotatable bonds is 6. The van der Waals surface area contributed by atoms with Crippen molar-refractivity contribution in [1.29, 1.82) is 0 Å². The number of anilines is 1. The maximum Gasteiger partial charge on any atom is 0.142 e. The van der Waals surface area contributed by atoms with Crippen LogP contribution >= 0.6 is 0 Å². The van der Waals surface area contributed by atoms with Crippen LogP contribution in [-0.4, -0.2) is 20.3 Å². The van der Waals surface area contributed by atoms with Crippen molar-refractivity contribution in [3.63, 3.8) is 0 Å². The lowest BCUT2D eigenvalue weighted by Gasteiger charge is -2.20. The zero-order valence-corrected chi connectivity index (χ0v) is 13.7. The molecule has 1 aliphatic carbocycles. The highest BCUT2D eigenvalue weighted by Gasteiger charge is 2.19. The van der Waals surface area contributed by atoms with Crippen molar-refractivity contribution in [3.05, 3.63) is 18.2 Å². The lowest BCUT2D eigenvalue weighted by molar-refractivity contribution is 0.403. The smallest absolute Gasteiger partial charge is 0.142 e. The monoisotopic (exact) mass is 291 g/mol. The second-order valence-electron chi connectivity index (χ2n) is 6.07. The molecule has 3 heteroatoms. The molecule has 21 heavy (non-hydrogen) atoms. The van der Waals surface area contributed by atoms with E-state index >= 15 is 0 Å². The second kappa shape index (κ2) is 8.16. The van der Waals surface area contributed by atoms with Crippen LogP contribution in [0.15, 0.2) is 18.2 Å². The molecule has 3 nitrogen and oxygen atoms in total. The van der Waals surface area contributed by atoms with Gasteiger partial charge in [0.1, 0.15) is 11.5 Å². The van der Waals surface area contributed by atoms with E-state index < -0.39 is 0 Å². The molecule has 1 saturated carbocycles. The molecule has 0 bridgehead atoms.